The SMILES string of the molecule is CC(C(=O)O)C(=O)NC(C)c1ccc(F)c(F)c1. The second-order valence-corrected chi connectivity index (χ2v) is 3.96. The first-order chi connectivity index (χ1) is 8.32. The minimum atomic E-state index is -1.25. The highest BCUT2D eigenvalue weighted by Gasteiger charge is 2.22. The fraction of sp³-hybridized carbons (Fsp3) is 0.333. The molecule has 18 heavy (non-hydrogen) atoms. The van der Waals surface area contributed by atoms with E-state index in [1.54, 1.807) is 6.92 Å². The summed E-state index contributed by atoms with van der Waals surface area (Å²) in [5, 5.41) is 11.1. The van der Waals surface area contributed by atoms with Crippen LogP contribution in [-0.2, 0) is 9.59 Å². The minimum Gasteiger partial charge on any atom is -0.481 e. The highest BCUT2D eigenvalue weighted by molar-refractivity contribution is 5.96. The third-order valence-corrected chi connectivity index (χ3v) is 2.57. The summed E-state index contributed by atoms with van der Waals surface area (Å²) in [6.07, 6.45) is 0. The van der Waals surface area contributed by atoms with Gasteiger partial charge in [0, 0.05) is 0 Å². The maximum absolute atomic E-state index is 13.0. The highest BCUT2D eigenvalue weighted by Crippen LogP contribution is 2.16. The van der Waals surface area contributed by atoms with E-state index in [0.717, 1.165) is 12.1 Å². The molecule has 1 rings (SSSR count). The highest BCUT2D eigenvalue weighted by atomic mass is 19.2. The molecule has 0 spiro atoms. The van der Waals surface area contributed by atoms with E-state index in [4.69, 9.17) is 5.11 Å². The lowest BCUT2D eigenvalue weighted by Gasteiger charge is -2.16. The molecule has 1 aromatic rings. The van der Waals surface area contributed by atoms with Gasteiger partial charge in [-0.05, 0) is 31.5 Å². The Hall–Kier alpha value is -1.98. The Morgan fingerprint density at radius 2 is 1.83 bits per heavy atom. The number of carbonyl (C=O) groups is 2. The van der Waals surface area contributed by atoms with Crippen LogP contribution >= 0.6 is 0 Å². The van der Waals surface area contributed by atoms with Gasteiger partial charge in [-0.25, -0.2) is 8.78 Å². The summed E-state index contributed by atoms with van der Waals surface area (Å²) >= 11 is 0. The average Bonchev–Trinajstić information content (AvgIpc) is 2.31. The van der Waals surface area contributed by atoms with Crippen LogP contribution in [0.5, 0.6) is 0 Å². The van der Waals surface area contributed by atoms with Crippen LogP contribution in [0.2, 0.25) is 0 Å². The number of carboxylic acid groups (broad SMARTS) is 1. The van der Waals surface area contributed by atoms with Crippen LogP contribution in [0.4, 0.5) is 8.78 Å². The topological polar surface area (TPSA) is 66.4 Å². The Balaban J connectivity index is 2.76. The lowest BCUT2D eigenvalue weighted by atomic mass is 10.1. The number of aliphatic carboxylic acids is 1. The standard InChI is InChI=1S/C12H13F2NO3/c1-6(12(17)18)11(16)15-7(2)8-3-4-9(13)10(14)5-8/h3-7H,1-2H3,(H,15,16)(H,17,18). The molecule has 98 valence electrons. The molecule has 0 aliphatic heterocycles. The minimum absolute atomic E-state index is 0.361. The van der Waals surface area contributed by atoms with E-state index < -0.39 is 35.5 Å². The second kappa shape index (κ2) is 5.57. The van der Waals surface area contributed by atoms with Gasteiger partial charge in [0.05, 0.1) is 6.04 Å². The van der Waals surface area contributed by atoms with Crippen LogP contribution in [0.15, 0.2) is 18.2 Å². The number of hydrogen-bond donors (Lipinski definition) is 2. The molecule has 4 nitrogen and oxygen atoms in total. The summed E-state index contributed by atoms with van der Waals surface area (Å²) in [5.41, 5.74) is 0.361. The molecule has 0 aliphatic carbocycles. The van der Waals surface area contributed by atoms with Gasteiger partial charge in [-0.3, -0.25) is 9.59 Å². The van der Waals surface area contributed by atoms with Gasteiger partial charge >= 0.3 is 5.97 Å². The van der Waals surface area contributed by atoms with Gasteiger partial charge in [-0.1, -0.05) is 6.07 Å². The number of amides is 1. The Morgan fingerprint density at radius 1 is 1.22 bits per heavy atom. The summed E-state index contributed by atoms with van der Waals surface area (Å²) in [6.45, 7) is 2.80. The maximum Gasteiger partial charge on any atom is 0.315 e. The molecule has 0 saturated heterocycles. The van der Waals surface area contributed by atoms with Crippen LogP contribution in [0, 0.1) is 17.6 Å². The van der Waals surface area contributed by atoms with Crippen molar-refractivity contribution >= 4 is 11.9 Å². The van der Waals surface area contributed by atoms with E-state index in [1.807, 2.05) is 0 Å². The van der Waals surface area contributed by atoms with E-state index in [-0.39, 0.29) is 0 Å². The van der Waals surface area contributed by atoms with Gasteiger partial charge in [-0.15, -0.1) is 0 Å². The second-order valence-electron chi connectivity index (χ2n) is 3.96. The molecule has 1 amide bonds. The number of nitrogens with one attached hydrogen (secondary N) is 1. The molecule has 0 heterocycles. The van der Waals surface area contributed by atoms with Crippen LogP contribution in [-0.4, -0.2) is 17.0 Å². The monoisotopic (exact) mass is 257 g/mol. The number of benzene rings is 1. The number of hydrogen-bond acceptors (Lipinski definition) is 2. The van der Waals surface area contributed by atoms with Crippen molar-refractivity contribution in [2.75, 3.05) is 0 Å². The van der Waals surface area contributed by atoms with Crippen molar-refractivity contribution in [1.82, 2.24) is 5.32 Å². The molecule has 0 bridgehead atoms. The molecule has 2 unspecified atom stereocenters. The Bertz CT molecular complexity index is 476. The van der Waals surface area contributed by atoms with Gasteiger partial charge in [0.25, 0.3) is 0 Å². The number of halogens is 2. The van der Waals surface area contributed by atoms with Crippen LogP contribution in [0.3, 0.4) is 0 Å². The first kappa shape index (κ1) is 14.1. The lowest BCUT2D eigenvalue weighted by Crippen LogP contribution is -2.35. The Kier molecular flexibility index (Phi) is 4.36. The lowest BCUT2D eigenvalue weighted by molar-refractivity contribution is -0.146. The Labute approximate surface area is 103 Å². The zero-order valence-corrected chi connectivity index (χ0v) is 9.91. The normalized spacial score (nSPS) is 13.8. The van der Waals surface area contributed by atoms with Crippen molar-refractivity contribution in [3.05, 3.63) is 35.4 Å². The van der Waals surface area contributed by atoms with E-state index in [2.05, 4.69) is 5.32 Å². The quantitative estimate of drug-likeness (QED) is 0.809. The number of rotatable bonds is 4. The fourth-order valence-corrected chi connectivity index (χ4v) is 1.32. The third kappa shape index (κ3) is 3.26. The number of carboxylic acids is 1. The summed E-state index contributed by atoms with van der Waals surface area (Å²) in [4.78, 5) is 22.0. The van der Waals surface area contributed by atoms with Crippen LogP contribution in [0.25, 0.3) is 0 Å². The van der Waals surface area contributed by atoms with Crippen molar-refractivity contribution in [2.45, 2.75) is 19.9 Å². The zero-order valence-electron chi connectivity index (χ0n) is 9.91. The largest absolute Gasteiger partial charge is 0.481 e. The molecular formula is C12H13F2NO3. The van der Waals surface area contributed by atoms with E-state index in [1.165, 1.54) is 13.0 Å². The number of carbonyl (C=O) groups excluding carboxylic acids is 1. The van der Waals surface area contributed by atoms with Gasteiger partial charge in [0.1, 0.15) is 5.92 Å². The van der Waals surface area contributed by atoms with Crippen LogP contribution < -0.4 is 5.32 Å². The van der Waals surface area contributed by atoms with Crippen molar-refractivity contribution in [3.63, 3.8) is 0 Å². The molecule has 0 aliphatic rings. The summed E-state index contributed by atoms with van der Waals surface area (Å²) < 4.78 is 25.7. The van der Waals surface area contributed by atoms with Gasteiger partial charge < -0.3 is 10.4 Å². The Morgan fingerprint density at radius 3 is 2.33 bits per heavy atom. The third-order valence-electron chi connectivity index (χ3n) is 2.57. The van der Waals surface area contributed by atoms with Crippen molar-refractivity contribution < 1.29 is 23.5 Å². The molecule has 6 heteroatoms. The predicted octanol–water partition coefficient (Wildman–Crippen LogP) is 1.86. The summed E-state index contributed by atoms with van der Waals surface area (Å²) in [6, 6.07) is 2.64. The van der Waals surface area contributed by atoms with Gasteiger partial charge in [-0.2, -0.15) is 0 Å². The van der Waals surface area contributed by atoms with E-state index >= 15 is 0 Å². The summed E-state index contributed by atoms with van der Waals surface area (Å²) in [7, 11) is 0. The molecule has 0 aromatic heterocycles. The molecule has 0 saturated carbocycles. The van der Waals surface area contributed by atoms with E-state index in [9.17, 15) is 18.4 Å². The summed E-state index contributed by atoms with van der Waals surface area (Å²) in [5.74, 6) is -5.11. The maximum atomic E-state index is 13.0. The average molecular weight is 257 g/mol. The molecule has 0 radical (unpaired) electrons. The van der Waals surface area contributed by atoms with Gasteiger partial charge in [0.15, 0.2) is 11.6 Å². The predicted molar refractivity (Wildman–Crippen MR) is 59.7 cm³/mol. The zero-order chi connectivity index (χ0) is 13.9. The van der Waals surface area contributed by atoms with Gasteiger partial charge in [0.2, 0.25) is 5.91 Å². The molecular weight excluding hydrogens is 244 g/mol. The molecule has 0 fully saturated rings. The molecule has 2 N–H and O–H groups in total. The van der Waals surface area contributed by atoms with Crippen molar-refractivity contribution in [1.29, 1.82) is 0 Å². The van der Waals surface area contributed by atoms with Crippen LogP contribution in [0.1, 0.15) is 25.5 Å². The fourth-order valence-electron chi connectivity index (χ4n) is 1.32. The van der Waals surface area contributed by atoms with Crippen molar-refractivity contribution in [2.24, 2.45) is 5.92 Å². The van der Waals surface area contributed by atoms with E-state index in [0.29, 0.717) is 5.56 Å². The first-order valence-electron chi connectivity index (χ1n) is 5.31. The molecule has 1 aromatic carbocycles. The molecule has 2 atom stereocenters. The smallest absolute Gasteiger partial charge is 0.315 e. The van der Waals surface area contributed by atoms with Crippen molar-refractivity contribution in [3.8, 4) is 0 Å². The first-order valence-corrected chi connectivity index (χ1v) is 5.31.